The number of nitrogens with zero attached hydrogens (tertiary/aromatic N) is 1. The second-order valence-electron chi connectivity index (χ2n) is 5.88. The Morgan fingerprint density at radius 1 is 1.28 bits per heavy atom. The highest BCUT2D eigenvalue weighted by atomic mass is 16.7. The van der Waals surface area contributed by atoms with Crippen LogP contribution in [0.4, 0.5) is 0 Å². The highest BCUT2D eigenvalue weighted by Crippen LogP contribution is 2.28. The summed E-state index contributed by atoms with van der Waals surface area (Å²) in [6.45, 7) is 0.784. The Bertz CT molecular complexity index is 750. The second-order valence-corrected chi connectivity index (χ2v) is 5.88. The van der Waals surface area contributed by atoms with Crippen LogP contribution in [0, 0.1) is 0 Å². The summed E-state index contributed by atoms with van der Waals surface area (Å²) in [6.07, 6.45) is -3.23. The maximum Gasteiger partial charge on any atom is 0.223 e. The first-order valence-electron chi connectivity index (χ1n) is 7.91. The molecular formula is C17H20N2O6. The molecule has 8 nitrogen and oxygen atoms in total. The van der Waals surface area contributed by atoms with Crippen LogP contribution in [0.1, 0.15) is 6.92 Å². The maximum absolute atomic E-state index is 11.4. The number of carbonyl (C=O) groups excluding carboxylic acids is 1. The Kier molecular flexibility index (Phi) is 5.14. The van der Waals surface area contributed by atoms with Crippen LogP contribution >= 0.6 is 0 Å². The van der Waals surface area contributed by atoms with E-state index in [2.05, 4.69) is 10.3 Å². The van der Waals surface area contributed by atoms with Crippen LogP contribution in [-0.4, -0.2) is 63.5 Å². The van der Waals surface area contributed by atoms with Crippen molar-refractivity contribution >= 4 is 16.8 Å². The highest BCUT2D eigenvalue weighted by Gasteiger charge is 2.46. The number of amides is 1. The number of ether oxygens (including phenoxy) is 2. The number of pyridine rings is 1. The Balaban J connectivity index is 1.92. The minimum absolute atomic E-state index is 0.402. The first-order chi connectivity index (χ1) is 12.0. The van der Waals surface area contributed by atoms with Crippen molar-refractivity contribution in [2.75, 3.05) is 6.61 Å². The van der Waals surface area contributed by atoms with Crippen LogP contribution in [0.5, 0.6) is 5.75 Å². The zero-order valence-corrected chi connectivity index (χ0v) is 13.6. The van der Waals surface area contributed by atoms with E-state index >= 15 is 0 Å². The van der Waals surface area contributed by atoms with Gasteiger partial charge < -0.3 is 30.1 Å². The summed E-state index contributed by atoms with van der Waals surface area (Å²) >= 11 is 0. The van der Waals surface area contributed by atoms with Crippen LogP contribution in [0.3, 0.4) is 0 Å². The van der Waals surface area contributed by atoms with Gasteiger partial charge in [0.25, 0.3) is 0 Å². The summed E-state index contributed by atoms with van der Waals surface area (Å²) in [5, 5.41) is 33.0. The first-order valence-corrected chi connectivity index (χ1v) is 7.91. The zero-order chi connectivity index (χ0) is 18.0. The molecule has 1 saturated heterocycles. The van der Waals surface area contributed by atoms with E-state index in [0.717, 1.165) is 5.39 Å². The molecule has 4 N–H and O–H groups in total. The second kappa shape index (κ2) is 7.32. The average Bonchev–Trinajstić information content (AvgIpc) is 2.61. The summed E-state index contributed by atoms with van der Waals surface area (Å²) in [5.41, 5.74) is 0.594. The van der Waals surface area contributed by atoms with Gasteiger partial charge in [0.05, 0.1) is 6.61 Å². The van der Waals surface area contributed by atoms with Gasteiger partial charge >= 0.3 is 0 Å². The highest BCUT2D eigenvalue weighted by molar-refractivity contribution is 5.84. The molecule has 0 spiro atoms. The van der Waals surface area contributed by atoms with Crippen LogP contribution in [0.2, 0.25) is 0 Å². The maximum atomic E-state index is 11.4. The summed E-state index contributed by atoms with van der Waals surface area (Å²) in [6, 6.07) is 8.01. The molecule has 0 aliphatic carbocycles. The van der Waals surface area contributed by atoms with Gasteiger partial charge in [0.2, 0.25) is 12.2 Å². The van der Waals surface area contributed by atoms with E-state index in [4.69, 9.17) is 9.47 Å². The summed E-state index contributed by atoms with van der Waals surface area (Å²) in [7, 11) is 0. The van der Waals surface area contributed by atoms with Crippen LogP contribution in [0.25, 0.3) is 10.9 Å². The van der Waals surface area contributed by atoms with Crippen LogP contribution < -0.4 is 10.1 Å². The molecule has 0 bridgehead atoms. The van der Waals surface area contributed by atoms with Crippen molar-refractivity contribution in [3.8, 4) is 5.75 Å². The number of aromatic nitrogens is 1. The SMILES string of the molecule is CC(=O)N[C@@H]1[C@H](Oc2cccc3cccnc23)O[C@H](CO)[C@H](O)[C@@H]1O. The molecular weight excluding hydrogens is 328 g/mol. The molecule has 1 amide bonds. The fraction of sp³-hybridized carbons (Fsp3) is 0.412. The number of para-hydroxylation sites is 1. The molecule has 25 heavy (non-hydrogen) atoms. The lowest BCUT2D eigenvalue weighted by Gasteiger charge is -2.42. The lowest BCUT2D eigenvalue weighted by molar-refractivity contribution is -0.244. The van der Waals surface area contributed by atoms with Crippen molar-refractivity contribution in [3.63, 3.8) is 0 Å². The normalized spacial score (nSPS) is 29.4. The van der Waals surface area contributed by atoms with Crippen molar-refractivity contribution in [2.45, 2.75) is 37.6 Å². The molecule has 3 rings (SSSR count). The van der Waals surface area contributed by atoms with Gasteiger partial charge in [-0.3, -0.25) is 9.78 Å². The molecule has 1 aromatic heterocycles. The molecule has 1 aliphatic rings. The fourth-order valence-electron chi connectivity index (χ4n) is 2.87. The molecule has 5 atom stereocenters. The standard InChI is InChI=1S/C17H20N2O6/c1-9(21)19-14-16(23)15(22)12(8-20)25-17(14)24-11-6-2-4-10-5-3-7-18-13(10)11/h2-7,12,14-17,20,22-23H,8H2,1H3,(H,19,21)/t12-,14+,15+,16-,17-/m1/s1. The van der Waals surface area contributed by atoms with Gasteiger partial charge in [0.1, 0.15) is 35.6 Å². The number of rotatable bonds is 4. The topological polar surface area (TPSA) is 121 Å². The number of aliphatic hydroxyl groups excluding tert-OH is 3. The van der Waals surface area contributed by atoms with E-state index in [1.165, 1.54) is 6.92 Å². The summed E-state index contributed by atoms with van der Waals surface area (Å²) in [4.78, 5) is 15.7. The van der Waals surface area contributed by atoms with E-state index in [-0.39, 0.29) is 0 Å². The van der Waals surface area contributed by atoms with Crippen LogP contribution in [-0.2, 0) is 9.53 Å². The van der Waals surface area contributed by atoms with Crippen molar-refractivity contribution in [1.29, 1.82) is 0 Å². The summed E-state index contributed by atoms with van der Waals surface area (Å²) < 4.78 is 11.4. The third kappa shape index (κ3) is 3.57. The van der Waals surface area contributed by atoms with Crippen molar-refractivity contribution in [2.24, 2.45) is 0 Å². The number of aliphatic hydroxyl groups is 3. The van der Waals surface area contributed by atoms with Gasteiger partial charge in [-0.2, -0.15) is 0 Å². The van der Waals surface area contributed by atoms with E-state index in [1.807, 2.05) is 12.1 Å². The molecule has 8 heteroatoms. The molecule has 2 heterocycles. The lowest BCUT2D eigenvalue weighted by Crippen LogP contribution is -2.65. The monoisotopic (exact) mass is 348 g/mol. The van der Waals surface area contributed by atoms with E-state index in [1.54, 1.807) is 24.4 Å². The average molecular weight is 348 g/mol. The number of hydrogen-bond donors (Lipinski definition) is 4. The molecule has 1 fully saturated rings. The molecule has 134 valence electrons. The zero-order valence-electron chi connectivity index (χ0n) is 13.6. The minimum atomic E-state index is -1.36. The van der Waals surface area contributed by atoms with Gasteiger partial charge in [-0.05, 0) is 12.1 Å². The first kappa shape index (κ1) is 17.6. The van der Waals surface area contributed by atoms with Gasteiger partial charge in [-0.15, -0.1) is 0 Å². The quantitative estimate of drug-likeness (QED) is 0.591. The minimum Gasteiger partial charge on any atom is -0.460 e. The number of fused-ring (bicyclic) bond motifs is 1. The van der Waals surface area contributed by atoms with Crippen molar-refractivity contribution in [1.82, 2.24) is 10.3 Å². The summed E-state index contributed by atoms with van der Waals surface area (Å²) in [5.74, 6) is -0.00863. The Hall–Kier alpha value is -2.26. The number of carbonyl (C=O) groups is 1. The third-order valence-electron chi connectivity index (χ3n) is 4.09. The molecule has 1 aromatic carbocycles. The Morgan fingerprint density at radius 3 is 2.76 bits per heavy atom. The van der Waals surface area contributed by atoms with Gasteiger partial charge in [0.15, 0.2) is 0 Å². The number of benzene rings is 1. The molecule has 0 radical (unpaired) electrons. The Labute approximate surface area is 144 Å². The lowest BCUT2D eigenvalue weighted by atomic mass is 9.97. The van der Waals surface area contributed by atoms with Gasteiger partial charge in [0, 0.05) is 18.5 Å². The van der Waals surface area contributed by atoms with E-state index in [0.29, 0.717) is 11.3 Å². The predicted octanol–water partition coefficient (Wildman–Crippen LogP) is -0.443. The molecule has 0 unspecified atom stereocenters. The van der Waals surface area contributed by atoms with Crippen molar-refractivity contribution < 1.29 is 29.6 Å². The molecule has 0 saturated carbocycles. The molecule has 2 aromatic rings. The van der Waals surface area contributed by atoms with E-state index in [9.17, 15) is 20.1 Å². The smallest absolute Gasteiger partial charge is 0.223 e. The predicted molar refractivity (Wildman–Crippen MR) is 87.7 cm³/mol. The number of hydrogen-bond acceptors (Lipinski definition) is 7. The third-order valence-corrected chi connectivity index (χ3v) is 4.09. The molecule has 1 aliphatic heterocycles. The van der Waals surface area contributed by atoms with Crippen LogP contribution in [0.15, 0.2) is 36.5 Å². The fourth-order valence-corrected chi connectivity index (χ4v) is 2.87. The van der Waals surface area contributed by atoms with Gasteiger partial charge in [-0.1, -0.05) is 18.2 Å². The van der Waals surface area contributed by atoms with E-state index < -0.39 is 43.2 Å². The largest absolute Gasteiger partial charge is 0.460 e. The van der Waals surface area contributed by atoms with Gasteiger partial charge in [-0.25, -0.2) is 0 Å². The Morgan fingerprint density at radius 2 is 2.04 bits per heavy atom. The van der Waals surface area contributed by atoms with Crippen molar-refractivity contribution in [3.05, 3.63) is 36.5 Å². The number of nitrogens with one attached hydrogen (secondary N) is 1.